The van der Waals surface area contributed by atoms with Crippen molar-refractivity contribution >= 4 is 45.5 Å². The number of amides is 3. The van der Waals surface area contributed by atoms with E-state index < -0.39 is 17.6 Å². The van der Waals surface area contributed by atoms with Gasteiger partial charge in [0.2, 0.25) is 11.9 Å². The number of halogens is 1. The highest BCUT2D eigenvalue weighted by atomic mass is 79.9. The number of fused-ring (bicyclic) bond motifs is 1. The SMILES string of the molecule is CCN1CCN(Cc2ccc(NC(=O)Cc3cccc(C#Cc4cnc(N)nc4-c4cc5c(n4C)CCN(C(=O)OC(C)(C)C)C5=O)c3)cc2Br)CC1. The van der Waals surface area contributed by atoms with Crippen molar-refractivity contribution in [3.8, 4) is 23.2 Å². The van der Waals surface area contributed by atoms with Gasteiger partial charge in [0.05, 0.1) is 23.2 Å². The summed E-state index contributed by atoms with van der Waals surface area (Å²) in [5.74, 6) is 5.85. The van der Waals surface area contributed by atoms with Crippen LogP contribution in [0.5, 0.6) is 0 Å². The summed E-state index contributed by atoms with van der Waals surface area (Å²) >= 11 is 3.71. The molecule has 2 aliphatic rings. The second kappa shape index (κ2) is 15.9. The van der Waals surface area contributed by atoms with Gasteiger partial charge in [0.15, 0.2) is 0 Å². The van der Waals surface area contributed by atoms with Gasteiger partial charge in [0, 0.05) is 80.4 Å². The van der Waals surface area contributed by atoms with Crippen molar-refractivity contribution < 1.29 is 19.1 Å². The number of nitrogens with one attached hydrogen (secondary N) is 1. The quantitative estimate of drug-likeness (QED) is 0.234. The fraction of sp³-hybridized carbons (Fsp3) is 0.375. The number of nitrogen functional groups attached to an aromatic ring is 1. The molecule has 0 atom stereocenters. The van der Waals surface area contributed by atoms with Crippen LogP contribution in [0.4, 0.5) is 16.4 Å². The number of hydrogen-bond donors (Lipinski definition) is 2. The van der Waals surface area contributed by atoms with E-state index in [1.54, 1.807) is 33.0 Å². The van der Waals surface area contributed by atoms with Crippen molar-refractivity contribution in [3.63, 3.8) is 0 Å². The number of aromatic nitrogens is 3. The molecule has 0 aliphatic carbocycles. The fourth-order valence-electron chi connectivity index (χ4n) is 6.54. The zero-order chi connectivity index (χ0) is 37.9. The third-order valence-corrected chi connectivity index (χ3v) is 10.1. The first kappa shape index (κ1) is 37.7. The number of nitrogens with zero attached hydrogens (tertiary/aromatic N) is 6. The standard InChI is InChI=1S/C40H45BrN8O4/c1-6-47-16-18-48(19-17-47)25-29-12-13-30(22-32(29)41)44-35(50)21-27-9-7-8-26(20-27)10-11-28-24-43-38(42)45-36(28)34-23-31-33(46(34)5)14-15-49(37(31)51)39(52)53-40(2,3)4/h7-9,12-13,20,22-24H,6,14-19,21,25H2,1-5H3,(H,44,50)(H2,42,43,45). The molecule has 0 radical (unpaired) electrons. The Kier molecular flexibility index (Phi) is 11.3. The van der Waals surface area contributed by atoms with Crippen LogP contribution in [0.3, 0.4) is 0 Å². The lowest BCUT2D eigenvalue weighted by Gasteiger charge is -2.34. The van der Waals surface area contributed by atoms with Gasteiger partial charge >= 0.3 is 6.09 Å². The summed E-state index contributed by atoms with van der Waals surface area (Å²) in [6.45, 7) is 13.9. The summed E-state index contributed by atoms with van der Waals surface area (Å²) in [4.78, 5) is 54.0. The van der Waals surface area contributed by atoms with E-state index in [1.165, 1.54) is 5.56 Å². The topological polar surface area (TPSA) is 139 Å². The third-order valence-electron chi connectivity index (χ3n) is 9.35. The summed E-state index contributed by atoms with van der Waals surface area (Å²) < 4.78 is 8.32. The molecule has 1 saturated heterocycles. The molecular weight excluding hydrogens is 736 g/mol. The molecule has 3 amide bonds. The Bertz CT molecular complexity index is 2100. The van der Waals surface area contributed by atoms with Gasteiger partial charge in [-0.25, -0.2) is 19.7 Å². The maximum atomic E-state index is 13.4. The van der Waals surface area contributed by atoms with Crippen LogP contribution in [0.15, 0.2) is 59.2 Å². The van der Waals surface area contributed by atoms with E-state index in [1.807, 2.05) is 48.0 Å². The van der Waals surface area contributed by atoms with Crippen LogP contribution in [0, 0.1) is 11.8 Å². The van der Waals surface area contributed by atoms with E-state index in [9.17, 15) is 14.4 Å². The summed E-state index contributed by atoms with van der Waals surface area (Å²) in [6.07, 6.45) is 1.51. The Labute approximate surface area is 318 Å². The van der Waals surface area contributed by atoms with E-state index in [-0.39, 0.29) is 24.8 Å². The molecule has 1 fully saturated rings. The van der Waals surface area contributed by atoms with Crippen molar-refractivity contribution in [3.05, 3.63) is 92.7 Å². The molecule has 2 aromatic heterocycles. The van der Waals surface area contributed by atoms with Crippen molar-refractivity contribution in [1.82, 2.24) is 29.2 Å². The minimum absolute atomic E-state index is 0.0616. The highest BCUT2D eigenvalue weighted by molar-refractivity contribution is 9.10. The summed E-state index contributed by atoms with van der Waals surface area (Å²) in [6, 6.07) is 15.2. The molecule has 13 heteroatoms. The minimum Gasteiger partial charge on any atom is -0.443 e. The highest BCUT2D eigenvalue weighted by Crippen LogP contribution is 2.31. The predicted molar refractivity (Wildman–Crippen MR) is 208 cm³/mol. The Hall–Kier alpha value is -5.03. The molecule has 0 saturated carbocycles. The summed E-state index contributed by atoms with van der Waals surface area (Å²) in [5.41, 5.74) is 11.5. The maximum Gasteiger partial charge on any atom is 0.417 e. The average molecular weight is 782 g/mol. The molecule has 0 bridgehead atoms. The van der Waals surface area contributed by atoms with Crippen molar-refractivity contribution in [1.29, 1.82) is 0 Å². The van der Waals surface area contributed by atoms with E-state index in [0.717, 1.165) is 65.6 Å². The van der Waals surface area contributed by atoms with Crippen LogP contribution < -0.4 is 11.1 Å². The molecule has 2 aliphatic heterocycles. The second-order valence-electron chi connectivity index (χ2n) is 14.3. The van der Waals surface area contributed by atoms with E-state index in [0.29, 0.717) is 34.5 Å². The number of likely N-dealkylation sites (N-methyl/N-ethyl adjacent to an activating group) is 1. The molecule has 4 aromatic rings. The molecule has 6 rings (SSSR count). The van der Waals surface area contributed by atoms with E-state index >= 15 is 0 Å². The second-order valence-corrected chi connectivity index (χ2v) is 15.2. The zero-order valence-electron chi connectivity index (χ0n) is 30.8. The monoisotopic (exact) mass is 780 g/mol. The Morgan fingerprint density at radius 2 is 1.77 bits per heavy atom. The van der Waals surface area contributed by atoms with Crippen molar-refractivity contribution in [2.45, 2.75) is 52.7 Å². The molecule has 0 spiro atoms. The van der Waals surface area contributed by atoms with E-state index in [4.69, 9.17) is 10.5 Å². The van der Waals surface area contributed by atoms with Crippen molar-refractivity contribution in [2.24, 2.45) is 7.05 Å². The normalized spacial score (nSPS) is 15.1. The first-order chi connectivity index (χ1) is 25.3. The smallest absolute Gasteiger partial charge is 0.417 e. The van der Waals surface area contributed by atoms with Crippen LogP contribution in [0.2, 0.25) is 0 Å². The largest absolute Gasteiger partial charge is 0.443 e. The molecule has 276 valence electrons. The number of carbonyl (C=O) groups is 3. The predicted octanol–water partition coefficient (Wildman–Crippen LogP) is 5.48. The zero-order valence-corrected chi connectivity index (χ0v) is 32.4. The molecule has 4 heterocycles. The lowest BCUT2D eigenvalue weighted by Crippen LogP contribution is -2.45. The van der Waals surface area contributed by atoms with Gasteiger partial charge in [-0.3, -0.25) is 14.5 Å². The van der Waals surface area contributed by atoms with Crippen LogP contribution in [-0.4, -0.2) is 92.0 Å². The number of rotatable bonds is 7. The maximum absolute atomic E-state index is 13.4. The lowest BCUT2D eigenvalue weighted by atomic mass is 10.1. The molecule has 2 aromatic carbocycles. The molecule has 53 heavy (non-hydrogen) atoms. The minimum atomic E-state index is -0.730. The van der Waals surface area contributed by atoms with Gasteiger partial charge < -0.3 is 25.3 Å². The van der Waals surface area contributed by atoms with Crippen LogP contribution in [0.1, 0.15) is 66.0 Å². The van der Waals surface area contributed by atoms with Crippen molar-refractivity contribution in [2.75, 3.05) is 50.3 Å². The van der Waals surface area contributed by atoms with Gasteiger partial charge in [-0.05, 0) is 68.8 Å². The number of piperazine rings is 1. The number of benzene rings is 2. The Morgan fingerprint density at radius 1 is 1.02 bits per heavy atom. The fourth-order valence-corrected chi connectivity index (χ4v) is 7.05. The highest BCUT2D eigenvalue weighted by Gasteiger charge is 2.35. The summed E-state index contributed by atoms with van der Waals surface area (Å²) in [7, 11) is 1.84. The molecule has 12 nitrogen and oxygen atoms in total. The number of hydrogen-bond acceptors (Lipinski definition) is 9. The van der Waals surface area contributed by atoms with Gasteiger partial charge in [-0.2, -0.15) is 0 Å². The number of ether oxygens (including phenoxy) is 1. The van der Waals surface area contributed by atoms with Gasteiger partial charge in [-0.1, -0.05) is 52.9 Å². The van der Waals surface area contributed by atoms with E-state index in [2.05, 4.69) is 65.8 Å². The third kappa shape index (κ3) is 9.14. The van der Waals surface area contributed by atoms with Crippen LogP contribution in [0.25, 0.3) is 11.4 Å². The molecule has 0 unspecified atom stereocenters. The Balaban J connectivity index is 1.14. The number of anilines is 2. The summed E-state index contributed by atoms with van der Waals surface area (Å²) in [5, 5.41) is 3.02. The average Bonchev–Trinajstić information content (AvgIpc) is 3.45. The number of nitrogens with two attached hydrogens (primary N) is 1. The molecular formula is C40H45BrN8O4. The first-order valence-electron chi connectivity index (χ1n) is 17.8. The van der Waals surface area contributed by atoms with Crippen LogP contribution >= 0.6 is 15.9 Å². The number of carbonyl (C=O) groups excluding carboxylic acids is 3. The number of imide groups is 1. The first-order valence-corrected chi connectivity index (χ1v) is 18.6. The van der Waals surface area contributed by atoms with Gasteiger partial charge in [-0.15, -0.1) is 0 Å². The van der Waals surface area contributed by atoms with Gasteiger partial charge in [0.25, 0.3) is 5.91 Å². The Morgan fingerprint density at radius 3 is 2.49 bits per heavy atom. The molecule has 3 N–H and O–H groups in total. The van der Waals surface area contributed by atoms with Crippen LogP contribution in [-0.2, 0) is 36.0 Å². The van der Waals surface area contributed by atoms with Gasteiger partial charge in [0.1, 0.15) is 11.3 Å². The lowest BCUT2D eigenvalue weighted by molar-refractivity contribution is -0.115.